The van der Waals surface area contributed by atoms with Crippen LogP contribution < -0.4 is 0 Å². The molecule has 0 bridgehead atoms. The highest BCUT2D eigenvalue weighted by atomic mass is 19.4. The van der Waals surface area contributed by atoms with Crippen molar-refractivity contribution in [3.8, 4) is 51.0 Å². The van der Waals surface area contributed by atoms with Gasteiger partial charge in [-0.05, 0) is 54.1 Å². The van der Waals surface area contributed by atoms with Crippen LogP contribution in [0.1, 0.15) is 5.56 Å². The average Bonchev–Trinajstić information content (AvgIpc) is 3.45. The molecule has 0 aliphatic rings. The molecule has 2 aromatic heterocycles. The Bertz CT molecular complexity index is 2430. The monoisotopic (exact) mass is 654 g/mol. The number of para-hydroxylation sites is 1. The molecule has 0 atom stereocenters. The Balaban J connectivity index is 1.47. The maximum Gasteiger partial charge on any atom is 0.416 e. The van der Waals surface area contributed by atoms with Crippen LogP contribution in [0.2, 0.25) is 0 Å². The summed E-state index contributed by atoms with van der Waals surface area (Å²) >= 11 is 0. The van der Waals surface area contributed by atoms with E-state index in [1.807, 2.05) is 71.3 Å². The molecule has 0 aliphatic carbocycles. The van der Waals surface area contributed by atoms with E-state index >= 15 is 8.78 Å². The van der Waals surface area contributed by atoms with Crippen molar-refractivity contribution in [2.24, 2.45) is 0 Å². The summed E-state index contributed by atoms with van der Waals surface area (Å²) in [7, 11) is 0. The zero-order valence-electron chi connectivity index (χ0n) is 25.5. The minimum atomic E-state index is -4.54. The summed E-state index contributed by atoms with van der Waals surface area (Å²) in [5, 5.41) is 0.996. The van der Waals surface area contributed by atoms with Crippen molar-refractivity contribution < 1.29 is 22.0 Å². The van der Waals surface area contributed by atoms with Gasteiger partial charge in [-0.25, -0.2) is 23.7 Å². The lowest BCUT2D eigenvalue weighted by Crippen LogP contribution is -2.05. The van der Waals surface area contributed by atoms with E-state index in [2.05, 4.69) is 0 Å². The van der Waals surface area contributed by atoms with Gasteiger partial charge >= 0.3 is 6.18 Å². The highest BCUT2D eigenvalue weighted by Gasteiger charge is 2.31. The van der Waals surface area contributed by atoms with Crippen LogP contribution in [0.3, 0.4) is 0 Å². The zero-order valence-corrected chi connectivity index (χ0v) is 25.5. The molecular weight excluding hydrogens is 631 g/mol. The maximum atomic E-state index is 15.2. The molecule has 49 heavy (non-hydrogen) atoms. The molecule has 8 aromatic rings. The number of rotatable bonds is 5. The van der Waals surface area contributed by atoms with Crippen LogP contribution in [0.15, 0.2) is 140 Å². The van der Waals surface area contributed by atoms with Gasteiger partial charge in [0.1, 0.15) is 11.6 Å². The Morgan fingerprint density at radius 1 is 0.469 bits per heavy atom. The van der Waals surface area contributed by atoms with Gasteiger partial charge < -0.3 is 4.57 Å². The predicted molar refractivity (Wildman–Crippen MR) is 181 cm³/mol. The van der Waals surface area contributed by atoms with E-state index in [0.717, 1.165) is 23.3 Å². The number of hydrogen-bond acceptors (Lipinski definition) is 3. The number of nitrogens with zero attached hydrogens (tertiary/aromatic N) is 4. The number of hydrogen-bond donors (Lipinski definition) is 0. The van der Waals surface area contributed by atoms with Gasteiger partial charge in [0.05, 0.1) is 27.8 Å². The molecule has 6 aromatic carbocycles. The molecule has 0 amide bonds. The third-order valence-corrected chi connectivity index (χ3v) is 8.43. The predicted octanol–water partition coefficient (Wildman–Crippen LogP) is 10.9. The summed E-state index contributed by atoms with van der Waals surface area (Å²) in [5.74, 6) is -0.550. The number of alkyl halides is 3. The Hall–Kier alpha value is -6.22. The third-order valence-electron chi connectivity index (χ3n) is 8.43. The second-order valence-corrected chi connectivity index (χ2v) is 11.4. The highest BCUT2D eigenvalue weighted by Crippen LogP contribution is 2.41. The molecule has 0 aliphatic heterocycles. The van der Waals surface area contributed by atoms with E-state index in [0.29, 0.717) is 44.7 Å². The fraction of sp³-hybridized carbons (Fsp3) is 0.0250. The Kier molecular flexibility index (Phi) is 7.25. The molecule has 9 heteroatoms. The first-order valence-electron chi connectivity index (χ1n) is 15.3. The second kappa shape index (κ2) is 11.8. The molecular formula is C40H23F5N4. The minimum absolute atomic E-state index is 0.208. The fourth-order valence-electron chi connectivity index (χ4n) is 6.18. The van der Waals surface area contributed by atoms with Crippen LogP contribution in [0.25, 0.3) is 72.8 Å². The summed E-state index contributed by atoms with van der Waals surface area (Å²) in [6.07, 6.45) is -4.54. The Morgan fingerprint density at radius 3 is 1.67 bits per heavy atom. The molecule has 238 valence electrons. The molecule has 0 saturated carbocycles. The summed E-state index contributed by atoms with van der Waals surface area (Å²) < 4.78 is 73.8. The van der Waals surface area contributed by atoms with Gasteiger partial charge in [0.15, 0.2) is 17.5 Å². The Morgan fingerprint density at radius 2 is 1.04 bits per heavy atom. The van der Waals surface area contributed by atoms with E-state index in [1.165, 1.54) is 24.3 Å². The van der Waals surface area contributed by atoms with Gasteiger partial charge in [-0.15, -0.1) is 0 Å². The summed E-state index contributed by atoms with van der Waals surface area (Å²) in [5.41, 5.74) is 2.69. The average molecular weight is 655 g/mol. The second-order valence-electron chi connectivity index (χ2n) is 11.4. The molecule has 0 N–H and O–H groups in total. The standard InChI is InChI=1S/C40H23F5N4/c41-31-15-9-16-32(42)36(31)26-18-20-35(49-33-17-8-7-14-28(33)29-23-27(40(43,44)45)19-21-34(29)49)30(22-26)39-47-37(24-10-3-1-4-11-24)46-38(48-39)25-12-5-2-6-13-25/h1-23H. The number of fused-ring (bicyclic) bond motifs is 3. The molecule has 0 spiro atoms. The first-order valence-corrected chi connectivity index (χ1v) is 15.3. The fourth-order valence-corrected chi connectivity index (χ4v) is 6.18. The van der Waals surface area contributed by atoms with Gasteiger partial charge in [0.25, 0.3) is 0 Å². The first-order chi connectivity index (χ1) is 23.8. The molecule has 2 heterocycles. The first kappa shape index (κ1) is 30.1. The van der Waals surface area contributed by atoms with Crippen LogP contribution in [0.5, 0.6) is 0 Å². The molecule has 8 rings (SSSR count). The molecule has 0 unspecified atom stereocenters. The SMILES string of the molecule is Fc1cccc(F)c1-c1ccc(-n2c3ccccc3c3cc(C(F)(F)F)ccc32)c(-c2nc(-c3ccccc3)nc(-c3ccccc3)n2)c1. The van der Waals surface area contributed by atoms with E-state index in [-0.39, 0.29) is 17.0 Å². The number of aromatic nitrogens is 4. The lowest BCUT2D eigenvalue weighted by atomic mass is 9.99. The lowest BCUT2D eigenvalue weighted by molar-refractivity contribution is -0.137. The van der Waals surface area contributed by atoms with Crippen LogP contribution in [0, 0.1) is 11.6 Å². The van der Waals surface area contributed by atoms with Crippen molar-refractivity contribution in [1.29, 1.82) is 0 Å². The van der Waals surface area contributed by atoms with E-state index < -0.39 is 23.4 Å². The summed E-state index contributed by atoms with van der Waals surface area (Å²) in [6.45, 7) is 0. The largest absolute Gasteiger partial charge is 0.416 e. The van der Waals surface area contributed by atoms with E-state index in [1.54, 1.807) is 36.4 Å². The smallest absolute Gasteiger partial charge is 0.309 e. The van der Waals surface area contributed by atoms with Gasteiger partial charge in [0.2, 0.25) is 0 Å². The van der Waals surface area contributed by atoms with E-state index in [9.17, 15) is 13.2 Å². The van der Waals surface area contributed by atoms with Crippen molar-refractivity contribution in [2.45, 2.75) is 6.18 Å². The van der Waals surface area contributed by atoms with Gasteiger partial charge in [-0.3, -0.25) is 0 Å². The topological polar surface area (TPSA) is 43.6 Å². The number of halogens is 5. The lowest BCUT2D eigenvalue weighted by Gasteiger charge is -2.17. The van der Waals surface area contributed by atoms with Crippen LogP contribution in [0.4, 0.5) is 22.0 Å². The van der Waals surface area contributed by atoms with Gasteiger partial charge in [-0.1, -0.05) is 91.0 Å². The van der Waals surface area contributed by atoms with E-state index in [4.69, 9.17) is 15.0 Å². The molecule has 0 fully saturated rings. The zero-order chi connectivity index (χ0) is 33.7. The maximum absolute atomic E-state index is 15.2. The van der Waals surface area contributed by atoms with Crippen LogP contribution in [-0.2, 0) is 6.18 Å². The van der Waals surface area contributed by atoms with Crippen molar-refractivity contribution >= 4 is 21.8 Å². The van der Waals surface area contributed by atoms with Crippen molar-refractivity contribution in [2.75, 3.05) is 0 Å². The molecule has 0 saturated heterocycles. The van der Waals surface area contributed by atoms with Crippen molar-refractivity contribution in [3.05, 3.63) is 157 Å². The van der Waals surface area contributed by atoms with Crippen LogP contribution >= 0.6 is 0 Å². The van der Waals surface area contributed by atoms with Gasteiger partial charge in [-0.2, -0.15) is 13.2 Å². The highest BCUT2D eigenvalue weighted by molar-refractivity contribution is 6.10. The minimum Gasteiger partial charge on any atom is -0.309 e. The number of benzene rings is 6. The van der Waals surface area contributed by atoms with Crippen LogP contribution in [-0.4, -0.2) is 19.5 Å². The third kappa shape index (κ3) is 5.39. The summed E-state index contributed by atoms with van der Waals surface area (Å²) in [4.78, 5) is 14.5. The summed E-state index contributed by atoms with van der Waals surface area (Å²) in [6, 6.07) is 38.0. The van der Waals surface area contributed by atoms with Crippen molar-refractivity contribution in [1.82, 2.24) is 19.5 Å². The molecule has 4 nitrogen and oxygen atoms in total. The molecule has 0 radical (unpaired) electrons. The van der Waals surface area contributed by atoms with Gasteiger partial charge in [0, 0.05) is 27.5 Å². The van der Waals surface area contributed by atoms with Crippen molar-refractivity contribution in [3.63, 3.8) is 0 Å². The normalized spacial score (nSPS) is 11.8. The quantitative estimate of drug-likeness (QED) is 0.174. The Labute approximate surface area is 276 Å².